The number of hydrogen-bond acceptors (Lipinski definition) is 16. The van der Waals surface area contributed by atoms with E-state index in [1.807, 2.05) is 13.8 Å². The van der Waals surface area contributed by atoms with Gasteiger partial charge in [0.05, 0.1) is 76.0 Å². The van der Waals surface area contributed by atoms with Crippen LogP contribution in [0.3, 0.4) is 0 Å². The summed E-state index contributed by atoms with van der Waals surface area (Å²) in [5.41, 5.74) is -2.63. The molecule has 0 saturated heterocycles. The number of phenols is 2. The highest BCUT2D eigenvalue weighted by molar-refractivity contribution is 9.69. The maximum Gasteiger partial charge on any atom is 0.369 e. The number of esters is 4. The average Bonchev–Trinajstić information content (AvgIpc) is 3.57. The maximum absolute atomic E-state index is 13.6. The van der Waals surface area contributed by atoms with Gasteiger partial charge in [-0.15, -0.1) is 47.3 Å². The number of halogens is 13. The van der Waals surface area contributed by atoms with Crippen LogP contribution in [0.5, 0.6) is 28.7 Å². The largest absolute Gasteiger partial charge is 0.503 e. The van der Waals surface area contributed by atoms with E-state index in [1.165, 1.54) is 33.1 Å². The third-order valence-electron chi connectivity index (χ3n) is 11.6. The molecule has 0 amide bonds. The summed E-state index contributed by atoms with van der Waals surface area (Å²) in [5.74, 6) is -14.6. The number of carbonyl (C=O) groups excluding carboxylic acids is 6. The minimum Gasteiger partial charge on any atom is -0.503 e. The van der Waals surface area contributed by atoms with E-state index in [9.17, 15) is 77.8 Å². The minimum absolute atomic E-state index is 0.00921. The lowest BCUT2D eigenvalue weighted by Crippen LogP contribution is -2.33. The number of aliphatic hydroxyl groups excluding tert-OH is 1. The number of aliphatic hydroxyl groups is 1. The number of carbonyl (C=O) groups is 6. The topological polar surface area (TPSA) is 228 Å². The van der Waals surface area contributed by atoms with Gasteiger partial charge < -0.3 is 48.5 Å². The lowest BCUT2D eigenvalue weighted by Gasteiger charge is -2.28. The second kappa shape index (κ2) is 42.3. The number of rotatable bonds is 19. The van der Waals surface area contributed by atoms with Crippen LogP contribution in [0.2, 0.25) is 0 Å². The van der Waals surface area contributed by atoms with Crippen molar-refractivity contribution in [1.82, 2.24) is 0 Å². The molecule has 0 fully saturated rings. The third kappa shape index (κ3) is 29.8. The van der Waals surface area contributed by atoms with E-state index in [0.29, 0.717) is 30.3 Å². The smallest absolute Gasteiger partial charge is 0.369 e. The lowest BCUT2D eigenvalue weighted by atomic mass is 9.82. The molecule has 0 aromatic heterocycles. The number of benzene rings is 5. The fraction of sp³-hybridized carbons (Fsp3) is 0.419. The molecule has 1 unspecified atom stereocenters. The van der Waals surface area contributed by atoms with E-state index in [1.54, 1.807) is 55.4 Å². The summed E-state index contributed by atoms with van der Waals surface area (Å²) in [6.07, 6.45) is -0.433. The molecule has 0 radical (unpaired) electrons. The molecule has 512 valence electrons. The Bertz CT molecular complexity index is 3090. The van der Waals surface area contributed by atoms with Gasteiger partial charge in [0.2, 0.25) is 0 Å². The molecule has 5 aromatic rings. The Morgan fingerprint density at radius 3 is 0.978 bits per heavy atom. The molecule has 3 N–H and O–H groups in total. The first kappa shape index (κ1) is 87.1. The first-order valence-corrected chi connectivity index (χ1v) is 30.0. The molecule has 30 heteroatoms. The highest BCUT2D eigenvalue weighted by Gasteiger charge is 2.39. The Kier molecular flexibility index (Phi) is 40.1. The van der Waals surface area contributed by atoms with Gasteiger partial charge in [-0.1, -0.05) is 13.8 Å². The van der Waals surface area contributed by atoms with Crippen molar-refractivity contribution >= 4 is 86.9 Å². The molecule has 0 heterocycles. The standard InChI is InChI=1S/C14H18F2O4.C14H18F2O3.C13H16F2O3.C8H6F2O2.C7H4F2O2.C6H12O2.BBr3/c1-5-20-13(18)14(2,3)12(17)8-6-9(15)11(19-4)10(16)7-8;1-5-19-13(17)14(2,3)8-9-6-10(15)12(18-4)11(16)7-9;1-4-18-12(17)13(2,3)7-8-5-9(14)11(16)10(15)6-8;1-12-8-6(9)2-5(4-11)3-7(8)10;8-5-1-4(3-10)2-6(9)7(5)11;1-4-8-6(7)5(2)3;2-1(3)4/h6-7,12,17H,5H2,1-4H3;6-7H,5,8H2,1-4H3;5-6,16H,4,7H2,1-3H3;2-4H,1H3;1-3,11H;5H,4H2,1-3H3;. The van der Waals surface area contributed by atoms with Gasteiger partial charge in [0.1, 0.15) is 12.6 Å². The number of aromatic hydroxyl groups is 2. The van der Waals surface area contributed by atoms with Gasteiger partial charge in [-0.3, -0.25) is 28.8 Å². The van der Waals surface area contributed by atoms with Crippen molar-refractivity contribution in [1.29, 1.82) is 0 Å². The third-order valence-corrected chi connectivity index (χ3v) is 11.6. The van der Waals surface area contributed by atoms with Crippen molar-refractivity contribution in [3.63, 3.8) is 0 Å². The van der Waals surface area contributed by atoms with Gasteiger partial charge in [-0.05, 0) is 159 Å². The zero-order valence-electron chi connectivity index (χ0n) is 53.0. The summed E-state index contributed by atoms with van der Waals surface area (Å²) >= 11 is 9.31. The van der Waals surface area contributed by atoms with Crippen molar-refractivity contribution in [3.8, 4) is 28.7 Å². The van der Waals surface area contributed by atoms with E-state index in [4.69, 9.17) is 24.4 Å². The number of aldehydes is 2. The van der Waals surface area contributed by atoms with E-state index in [-0.39, 0.29) is 64.4 Å². The molecule has 16 nitrogen and oxygen atoms in total. The first-order valence-electron chi connectivity index (χ1n) is 27.2. The number of phenolic OH excluding ortho intramolecular Hbond substituents is 2. The average molecular weight is 1520 g/mol. The second-order valence-corrected chi connectivity index (χ2v) is 27.1. The van der Waals surface area contributed by atoms with Gasteiger partial charge in [0.15, 0.2) is 86.9 Å². The lowest BCUT2D eigenvalue weighted by molar-refractivity contribution is -0.160. The van der Waals surface area contributed by atoms with Crippen molar-refractivity contribution in [2.45, 2.75) is 102 Å². The molecule has 0 aliphatic carbocycles. The Hall–Kier alpha value is -6.92. The molecule has 92 heavy (non-hydrogen) atoms. The van der Waals surface area contributed by atoms with Gasteiger partial charge in [-0.25, -0.2) is 43.9 Å². The van der Waals surface area contributed by atoms with Gasteiger partial charge in [0, 0.05) is 11.1 Å². The fourth-order valence-electron chi connectivity index (χ4n) is 7.03. The first-order chi connectivity index (χ1) is 42.6. The summed E-state index contributed by atoms with van der Waals surface area (Å²) in [6, 6.07) is 9.58. The SMILES string of the molecule is BrB(Br)Br.CCOC(=O)C(C)(C)C(O)c1cc(F)c(OC)c(F)c1.CCOC(=O)C(C)(C)Cc1cc(F)c(O)c(F)c1.CCOC(=O)C(C)(C)Cc1cc(F)c(OC)c(F)c1.CCOC(=O)C(C)C.COc1c(F)cc(C=O)cc1F.O=Cc1cc(F)c(O)c(F)c1. The Balaban J connectivity index is 0. The molecule has 0 saturated carbocycles. The van der Waals surface area contributed by atoms with Crippen LogP contribution in [-0.4, -0.2) is 103 Å². The number of hydrogen-bond donors (Lipinski definition) is 3. The van der Waals surface area contributed by atoms with E-state index >= 15 is 0 Å². The molecule has 1 atom stereocenters. The van der Waals surface area contributed by atoms with Crippen molar-refractivity contribution in [2.75, 3.05) is 47.8 Å². The molecule has 5 aromatic carbocycles. The highest BCUT2D eigenvalue weighted by Crippen LogP contribution is 2.37. The molecule has 0 aliphatic rings. The normalized spacial score (nSPS) is 10.9. The Morgan fingerprint density at radius 1 is 0.467 bits per heavy atom. The molecule has 0 spiro atoms. The van der Waals surface area contributed by atoms with Crippen LogP contribution in [0.1, 0.15) is 127 Å². The predicted molar refractivity (Wildman–Crippen MR) is 333 cm³/mol. The van der Waals surface area contributed by atoms with Crippen molar-refractivity contribution in [3.05, 3.63) is 147 Å². The minimum atomic E-state index is -1.41. The monoisotopic (exact) mass is 1510 g/mol. The highest BCUT2D eigenvalue weighted by atomic mass is 79.9. The molecular formula is C62H74BBr3F10O16. The van der Waals surface area contributed by atoms with Crippen LogP contribution in [0, 0.1) is 80.3 Å². The van der Waals surface area contributed by atoms with Gasteiger partial charge >= 0.3 is 27.1 Å². The maximum atomic E-state index is 13.6. The molecule has 5 rings (SSSR count). The van der Waals surface area contributed by atoms with E-state index in [0.717, 1.165) is 62.8 Å². The predicted octanol–water partition coefficient (Wildman–Crippen LogP) is 15.1. The molecule has 0 bridgehead atoms. The fourth-order valence-corrected chi connectivity index (χ4v) is 7.03. The van der Waals surface area contributed by atoms with Crippen LogP contribution in [-0.2, 0) is 51.0 Å². The zero-order chi connectivity index (χ0) is 71.8. The quantitative estimate of drug-likeness (QED) is 0.0230. The van der Waals surface area contributed by atoms with Gasteiger partial charge in [0.25, 0.3) is 0 Å². The Labute approximate surface area is 552 Å². The van der Waals surface area contributed by atoms with E-state index < -0.39 is 127 Å². The summed E-state index contributed by atoms with van der Waals surface area (Å²) in [5, 5.41) is 27.7. The van der Waals surface area contributed by atoms with Crippen molar-refractivity contribution in [2.24, 2.45) is 22.2 Å². The summed E-state index contributed by atoms with van der Waals surface area (Å²) < 4.78 is 164. The van der Waals surface area contributed by atoms with Crippen molar-refractivity contribution < 1.29 is 121 Å². The van der Waals surface area contributed by atoms with Crippen LogP contribution in [0.4, 0.5) is 43.9 Å². The van der Waals surface area contributed by atoms with Crippen LogP contribution in [0.15, 0.2) is 60.7 Å². The van der Waals surface area contributed by atoms with Crippen LogP contribution >= 0.6 is 47.3 Å². The second-order valence-electron chi connectivity index (χ2n) is 20.7. The molecular weight excluding hydrogens is 1440 g/mol. The Morgan fingerprint density at radius 2 is 0.717 bits per heavy atom. The zero-order valence-corrected chi connectivity index (χ0v) is 57.7. The van der Waals surface area contributed by atoms with E-state index in [2.05, 4.69) is 66.2 Å². The van der Waals surface area contributed by atoms with Gasteiger partial charge in [-0.2, -0.15) is 0 Å². The summed E-state index contributed by atoms with van der Waals surface area (Å²) in [4.78, 5) is 65.8. The summed E-state index contributed by atoms with van der Waals surface area (Å²) in [7, 11) is 3.49. The summed E-state index contributed by atoms with van der Waals surface area (Å²) in [6.45, 7) is 21.1. The number of ether oxygens (including phenoxy) is 7. The number of methoxy groups -OCH3 is 3. The van der Waals surface area contributed by atoms with Crippen LogP contribution < -0.4 is 14.2 Å². The van der Waals surface area contributed by atoms with Crippen LogP contribution in [0.25, 0.3) is 0 Å². The molecule has 0 aliphatic heterocycles.